The lowest BCUT2D eigenvalue weighted by molar-refractivity contribution is -0.129. The van der Waals surface area contributed by atoms with Crippen LogP contribution in [0.3, 0.4) is 0 Å². The Hall–Kier alpha value is -1.68. The summed E-state index contributed by atoms with van der Waals surface area (Å²) in [6.07, 6.45) is 1.24. The summed E-state index contributed by atoms with van der Waals surface area (Å²) in [7, 11) is -5.53. The Labute approximate surface area is 141 Å². The van der Waals surface area contributed by atoms with Crippen molar-refractivity contribution in [3.05, 3.63) is 30.1 Å². The van der Waals surface area contributed by atoms with Gasteiger partial charge in [-0.15, -0.1) is 0 Å². The third-order valence-corrected chi connectivity index (χ3v) is 6.82. The molecule has 1 aliphatic rings. The molecule has 1 aliphatic heterocycles. The Kier molecular flexibility index (Phi) is 5.19. The van der Waals surface area contributed by atoms with E-state index in [0.717, 1.165) is 16.6 Å². The van der Waals surface area contributed by atoms with E-state index in [1.165, 1.54) is 30.1 Å². The second kappa shape index (κ2) is 6.67. The number of carbonyl (C=O) groups excluding carboxylic acids is 1. The maximum atomic E-state index is 13.4. The largest absolute Gasteiger partial charge is 0.340 e. The number of benzene rings is 1. The summed E-state index contributed by atoms with van der Waals surface area (Å²) in [4.78, 5) is 13.6. The van der Waals surface area contributed by atoms with Crippen molar-refractivity contribution >= 4 is 31.5 Å². The Balaban J connectivity index is 2.19. The Morgan fingerprint density at radius 3 is 2.54 bits per heavy atom. The smallest absolute Gasteiger partial charge is 0.243 e. The number of likely N-dealkylation sites (N-methyl/N-ethyl adjacent to an activating group) is 1. The molecular weight excluding hydrogens is 359 g/mol. The van der Waals surface area contributed by atoms with Gasteiger partial charge in [-0.1, -0.05) is 6.07 Å². The van der Waals surface area contributed by atoms with Crippen molar-refractivity contribution in [1.82, 2.24) is 4.90 Å². The molecule has 0 aromatic heterocycles. The van der Waals surface area contributed by atoms with Crippen LogP contribution in [-0.4, -0.2) is 65.0 Å². The van der Waals surface area contributed by atoms with Crippen LogP contribution in [0.2, 0.25) is 0 Å². The average Bonchev–Trinajstić information content (AvgIpc) is 2.82. The minimum Gasteiger partial charge on any atom is -0.340 e. The minimum absolute atomic E-state index is 0.00890. The maximum absolute atomic E-state index is 13.4. The van der Waals surface area contributed by atoms with E-state index in [1.54, 1.807) is 0 Å². The molecule has 10 heteroatoms. The molecule has 1 heterocycles. The molecular formula is C14H19FN2O5S2. The van der Waals surface area contributed by atoms with Crippen molar-refractivity contribution in [3.63, 3.8) is 0 Å². The molecule has 2 rings (SSSR count). The van der Waals surface area contributed by atoms with Crippen molar-refractivity contribution in [1.29, 1.82) is 0 Å². The van der Waals surface area contributed by atoms with Crippen molar-refractivity contribution in [3.8, 4) is 0 Å². The lowest BCUT2D eigenvalue weighted by atomic mass is 10.2. The van der Waals surface area contributed by atoms with E-state index < -0.39 is 44.2 Å². The first kappa shape index (κ1) is 18.7. The number of rotatable bonds is 5. The molecule has 1 fully saturated rings. The van der Waals surface area contributed by atoms with Crippen LogP contribution < -0.4 is 4.31 Å². The highest BCUT2D eigenvalue weighted by molar-refractivity contribution is 7.92. The molecule has 1 amide bonds. The first-order valence-electron chi connectivity index (χ1n) is 7.19. The summed E-state index contributed by atoms with van der Waals surface area (Å²) >= 11 is 0. The summed E-state index contributed by atoms with van der Waals surface area (Å²) in [6, 6.07) is 4.45. The van der Waals surface area contributed by atoms with Gasteiger partial charge in [0.05, 0.1) is 23.4 Å². The fourth-order valence-electron chi connectivity index (χ4n) is 2.55. The normalized spacial score (nSPS) is 19.9. The summed E-state index contributed by atoms with van der Waals surface area (Å²) in [6.45, 7) is -0.519. The van der Waals surface area contributed by atoms with Gasteiger partial charge in [-0.25, -0.2) is 21.2 Å². The quantitative estimate of drug-likeness (QED) is 0.732. The highest BCUT2D eigenvalue weighted by atomic mass is 32.2. The molecule has 134 valence electrons. The highest BCUT2D eigenvalue weighted by Crippen LogP contribution is 2.20. The van der Waals surface area contributed by atoms with Gasteiger partial charge in [0.25, 0.3) is 0 Å². The number of hydrogen-bond acceptors (Lipinski definition) is 5. The van der Waals surface area contributed by atoms with Gasteiger partial charge in [0.15, 0.2) is 9.84 Å². The predicted molar refractivity (Wildman–Crippen MR) is 88.4 cm³/mol. The molecule has 0 N–H and O–H groups in total. The zero-order chi connectivity index (χ0) is 18.1. The number of hydrogen-bond donors (Lipinski definition) is 0. The van der Waals surface area contributed by atoms with Crippen molar-refractivity contribution in [2.24, 2.45) is 0 Å². The van der Waals surface area contributed by atoms with Gasteiger partial charge < -0.3 is 4.90 Å². The molecule has 1 aromatic carbocycles. The molecule has 1 atom stereocenters. The van der Waals surface area contributed by atoms with E-state index in [2.05, 4.69) is 0 Å². The van der Waals surface area contributed by atoms with Gasteiger partial charge in [0.2, 0.25) is 15.9 Å². The van der Waals surface area contributed by atoms with Crippen LogP contribution in [0.5, 0.6) is 0 Å². The summed E-state index contributed by atoms with van der Waals surface area (Å²) < 4.78 is 61.1. The van der Waals surface area contributed by atoms with Crippen molar-refractivity contribution in [2.45, 2.75) is 12.5 Å². The number of halogens is 1. The third kappa shape index (κ3) is 4.44. The topological polar surface area (TPSA) is 91.8 Å². The summed E-state index contributed by atoms with van der Waals surface area (Å²) in [5.74, 6) is -1.29. The number of sulfone groups is 1. The Bertz CT molecular complexity index is 838. The first-order valence-corrected chi connectivity index (χ1v) is 10.9. The molecule has 0 radical (unpaired) electrons. The van der Waals surface area contributed by atoms with E-state index in [4.69, 9.17) is 0 Å². The van der Waals surface area contributed by atoms with Crippen LogP contribution in [0, 0.1) is 5.82 Å². The zero-order valence-electron chi connectivity index (χ0n) is 13.3. The van der Waals surface area contributed by atoms with Gasteiger partial charge >= 0.3 is 0 Å². The Morgan fingerprint density at radius 1 is 1.38 bits per heavy atom. The number of anilines is 1. The van der Waals surface area contributed by atoms with Crippen LogP contribution in [0.15, 0.2) is 24.3 Å². The minimum atomic E-state index is -3.81. The second-order valence-electron chi connectivity index (χ2n) is 5.81. The van der Waals surface area contributed by atoms with Crippen LogP contribution in [0.1, 0.15) is 6.42 Å². The molecule has 0 bridgehead atoms. The third-order valence-electron chi connectivity index (χ3n) is 3.92. The highest BCUT2D eigenvalue weighted by Gasteiger charge is 2.34. The number of nitrogens with zero attached hydrogens (tertiary/aromatic N) is 2. The van der Waals surface area contributed by atoms with E-state index >= 15 is 0 Å². The average molecular weight is 378 g/mol. The molecule has 0 aliphatic carbocycles. The zero-order valence-corrected chi connectivity index (χ0v) is 15.0. The van der Waals surface area contributed by atoms with Gasteiger partial charge in [0, 0.05) is 13.1 Å². The SMILES string of the molecule is CN(C(=O)CN(c1cccc(F)c1)S(C)(=O)=O)C1CCS(=O)(=O)C1. The standard InChI is InChI=1S/C14H19FN2O5S2/c1-16(13-6-7-24(21,22)10-13)14(18)9-17(23(2,19)20)12-5-3-4-11(15)8-12/h3-5,8,13H,6-7,9-10H2,1-2H3. The van der Waals surface area contributed by atoms with Crippen LogP contribution in [-0.2, 0) is 24.7 Å². The molecule has 1 unspecified atom stereocenters. The van der Waals surface area contributed by atoms with Crippen LogP contribution in [0.25, 0.3) is 0 Å². The molecule has 0 spiro atoms. The number of amides is 1. The fraction of sp³-hybridized carbons (Fsp3) is 0.500. The monoisotopic (exact) mass is 378 g/mol. The van der Waals surface area contributed by atoms with Crippen LogP contribution in [0.4, 0.5) is 10.1 Å². The van der Waals surface area contributed by atoms with E-state index in [1.807, 2.05) is 0 Å². The lowest BCUT2D eigenvalue weighted by Gasteiger charge is -2.28. The van der Waals surface area contributed by atoms with Crippen molar-refractivity contribution < 1.29 is 26.0 Å². The second-order valence-corrected chi connectivity index (χ2v) is 9.95. The fourth-order valence-corrected chi connectivity index (χ4v) is 5.17. The summed E-state index contributed by atoms with van der Waals surface area (Å²) in [5.41, 5.74) is 0.0401. The van der Waals surface area contributed by atoms with Crippen molar-refractivity contribution in [2.75, 3.05) is 35.7 Å². The van der Waals surface area contributed by atoms with Crippen LogP contribution >= 0.6 is 0 Å². The maximum Gasteiger partial charge on any atom is 0.243 e. The molecule has 1 saturated heterocycles. The molecule has 1 aromatic rings. The summed E-state index contributed by atoms with van der Waals surface area (Å²) in [5, 5.41) is 0. The number of sulfonamides is 1. The molecule has 24 heavy (non-hydrogen) atoms. The van der Waals surface area contributed by atoms with E-state index in [0.29, 0.717) is 6.42 Å². The number of carbonyl (C=O) groups is 1. The van der Waals surface area contributed by atoms with Gasteiger partial charge in [-0.3, -0.25) is 9.10 Å². The van der Waals surface area contributed by atoms with E-state index in [9.17, 15) is 26.0 Å². The van der Waals surface area contributed by atoms with E-state index in [-0.39, 0.29) is 17.2 Å². The first-order chi connectivity index (χ1) is 11.0. The van der Waals surface area contributed by atoms with Gasteiger partial charge in [0.1, 0.15) is 12.4 Å². The van der Waals surface area contributed by atoms with Gasteiger partial charge in [-0.2, -0.15) is 0 Å². The Morgan fingerprint density at radius 2 is 2.04 bits per heavy atom. The lowest BCUT2D eigenvalue weighted by Crippen LogP contribution is -2.45. The molecule has 7 nitrogen and oxygen atoms in total. The van der Waals surface area contributed by atoms with Gasteiger partial charge in [-0.05, 0) is 24.6 Å². The molecule has 0 saturated carbocycles. The predicted octanol–water partition coefficient (Wildman–Crippen LogP) is 0.237.